The third-order valence-corrected chi connectivity index (χ3v) is 5.57. The maximum atomic E-state index is 12.9. The van der Waals surface area contributed by atoms with Crippen LogP contribution in [0.3, 0.4) is 0 Å². The van der Waals surface area contributed by atoms with Crippen LogP contribution in [0, 0.1) is 12.8 Å². The molecule has 2 amide bonds. The lowest BCUT2D eigenvalue weighted by Crippen LogP contribution is -2.45. The molecule has 31 heavy (non-hydrogen) atoms. The van der Waals surface area contributed by atoms with Gasteiger partial charge in [-0.15, -0.1) is 0 Å². The Morgan fingerprint density at radius 1 is 1.10 bits per heavy atom. The first-order chi connectivity index (χ1) is 14.9. The second-order valence-electron chi connectivity index (χ2n) is 7.76. The van der Waals surface area contributed by atoms with Crippen LogP contribution in [0.5, 0.6) is 0 Å². The molecule has 0 unspecified atom stereocenters. The minimum Gasteiger partial charge on any atom is -0.466 e. The number of ether oxygens (including phenoxy) is 1. The summed E-state index contributed by atoms with van der Waals surface area (Å²) in [5, 5.41) is 0. The summed E-state index contributed by atoms with van der Waals surface area (Å²) in [5.41, 5.74) is 2.90. The largest absolute Gasteiger partial charge is 0.466 e. The normalized spacial score (nSPS) is 14.2. The van der Waals surface area contributed by atoms with Crippen molar-refractivity contribution >= 4 is 17.8 Å². The zero-order valence-corrected chi connectivity index (χ0v) is 18.3. The molecule has 7 heteroatoms. The topological polar surface area (TPSA) is 79.8 Å². The molecular weight excluding hydrogens is 394 g/mol. The summed E-state index contributed by atoms with van der Waals surface area (Å²) < 4.78 is 5.07. The van der Waals surface area contributed by atoms with E-state index in [0.717, 1.165) is 11.3 Å². The molecule has 164 valence electrons. The van der Waals surface area contributed by atoms with Crippen molar-refractivity contribution in [1.29, 1.82) is 0 Å². The molecule has 1 fully saturated rings. The van der Waals surface area contributed by atoms with Gasteiger partial charge < -0.3 is 14.5 Å². The first-order valence-corrected chi connectivity index (χ1v) is 10.6. The maximum Gasteiger partial charge on any atom is 0.309 e. The Kier molecular flexibility index (Phi) is 7.39. The van der Waals surface area contributed by atoms with Crippen LogP contribution in [0.4, 0.5) is 0 Å². The summed E-state index contributed by atoms with van der Waals surface area (Å²) >= 11 is 0. The lowest BCUT2D eigenvalue weighted by molar-refractivity contribution is -0.151. The number of pyridine rings is 1. The van der Waals surface area contributed by atoms with Gasteiger partial charge in [-0.25, -0.2) is 0 Å². The number of hydrogen-bond acceptors (Lipinski definition) is 5. The Hall–Kier alpha value is -3.22. The number of piperidine rings is 1. The van der Waals surface area contributed by atoms with Crippen molar-refractivity contribution in [3.63, 3.8) is 0 Å². The van der Waals surface area contributed by atoms with E-state index in [0.29, 0.717) is 43.8 Å². The molecule has 2 heterocycles. The lowest BCUT2D eigenvalue weighted by Gasteiger charge is -2.32. The van der Waals surface area contributed by atoms with Gasteiger partial charge in [-0.2, -0.15) is 0 Å². The highest BCUT2D eigenvalue weighted by Gasteiger charge is 2.29. The third kappa shape index (κ3) is 5.48. The van der Waals surface area contributed by atoms with Crippen LogP contribution in [-0.4, -0.2) is 65.9 Å². The zero-order valence-electron chi connectivity index (χ0n) is 18.3. The number of rotatable bonds is 6. The number of aromatic nitrogens is 1. The Morgan fingerprint density at radius 2 is 1.77 bits per heavy atom. The Balaban J connectivity index is 1.58. The van der Waals surface area contributed by atoms with Crippen LogP contribution in [0.25, 0.3) is 11.3 Å². The van der Waals surface area contributed by atoms with Crippen molar-refractivity contribution in [2.24, 2.45) is 5.92 Å². The van der Waals surface area contributed by atoms with E-state index in [1.165, 1.54) is 4.90 Å². The van der Waals surface area contributed by atoms with Crippen LogP contribution in [0.15, 0.2) is 42.5 Å². The van der Waals surface area contributed by atoms with Crippen LogP contribution in [0.2, 0.25) is 0 Å². The standard InChI is InChI=1S/C24H29N3O4/c1-4-31-24(30)19-12-14-27(15-13-19)22(28)16-26(3)23(29)20-10-11-21(25-17(20)2)18-8-6-5-7-9-18/h5-11,19H,4,12-16H2,1-3H3. The van der Waals surface area contributed by atoms with E-state index in [9.17, 15) is 14.4 Å². The van der Waals surface area contributed by atoms with Gasteiger partial charge in [0.1, 0.15) is 0 Å². The van der Waals surface area contributed by atoms with Gasteiger partial charge in [0.05, 0.1) is 36.0 Å². The van der Waals surface area contributed by atoms with Gasteiger partial charge in [-0.05, 0) is 38.8 Å². The number of amides is 2. The van der Waals surface area contributed by atoms with Crippen molar-refractivity contribution in [2.75, 3.05) is 33.3 Å². The summed E-state index contributed by atoms with van der Waals surface area (Å²) in [6.45, 7) is 4.94. The van der Waals surface area contributed by atoms with Crippen molar-refractivity contribution in [2.45, 2.75) is 26.7 Å². The van der Waals surface area contributed by atoms with Crippen LogP contribution in [-0.2, 0) is 14.3 Å². The molecule has 0 radical (unpaired) electrons. The van der Waals surface area contributed by atoms with E-state index in [-0.39, 0.29) is 30.2 Å². The number of likely N-dealkylation sites (N-methyl/N-ethyl adjacent to an activating group) is 1. The molecule has 1 aliphatic heterocycles. The second kappa shape index (κ2) is 10.2. The van der Waals surface area contributed by atoms with Crippen molar-refractivity contribution in [3.05, 3.63) is 53.7 Å². The van der Waals surface area contributed by atoms with E-state index in [1.54, 1.807) is 31.9 Å². The summed E-state index contributed by atoms with van der Waals surface area (Å²) in [7, 11) is 1.62. The highest BCUT2D eigenvalue weighted by molar-refractivity contribution is 5.97. The summed E-state index contributed by atoms with van der Waals surface area (Å²) in [6, 6.07) is 13.4. The molecule has 0 atom stereocenters. The molecule has 0 N–H and O–H groups in total. The van der Waals surface area contributed by atoms with Gasteiger partial charge >= 0.3 is 5.97 Å². The predicted octanol–water partition coefficient (Wildman–Crippen LogP) is 2.93. The molecule has 3 rings (SSSR count). The van der Waals surface area contributed by atoms with Crippen molar-refractivity contribution in [1.82, 2.24) is 14.8 Å². The summed E-state index contributed by atoms with van der Waals surface area (Å²) in [6.07, 6.45) is 1.18. The van der Waals surface area contributed by atoms with Crippen molar-refractivity contribution < 1.29 is 19.1 Å². The van der Waals surface area contributed by atoms with Gasteiger partial charge in [-0.1, -0.05) is 30.3 Å². The summed E-state index contributed by atoms with van der Waals surface area (Å²) in [5.74, 6) is -0.701. The molecule has 1 aromatic heterocycles. The molecule has 7 nitrogen and oxygen atoms in total. The fraction of sp³-hybridized carbons (Fsp3) is 0.417. The Labute approximate surface area is 183 Å². The predicted molar refractivity (Wildman–Crippen MR) is 117 cm³/mol. The quantitative estimate of drug-likeness (QED) is 0.668. The molecule has 0 saturated carbocycles. The minimum absolute atomic E-state index is 0.0111. The highest BCUT2D eigenvalue weighted by atomic mass is 16.5. The lowest BCUT2D eigenvalue weighted by atomic mass is 9.97. The molecule has 1 saturated heterocycles. The number of benzene rings is 1. The van der Waals surface area contributed by atoms with E-state index in [1.807, 2.05) is 36.4 Å². The fourth-order valence-electron chi connectivity index (χ4n) is 3.76. The van der Waals surface area contributed by atoms with Gasteiger partial charge in [0.2, 0.25) is 5.91 Å². The van der Waals surface area contributed by atoms with Crippen LogP contribution in [0.1, 0.15) is 35.8 Å². The fourth-order valence-corrected chi connectivity index (χ4v) is 3.76. The average Bonchev–Trinajstić information content (AvgIpc) is 2.79. The van der Waals surface area contributed by atoms with Gasteiger partial charge in [0.15, 0.2) is 0 Å². The second-order valence-corrected chi connectivity index (χ2v) is 7.76. The van der Waals surface area contributed by atoms with E-state index in [2.05, 4.69) is 4.98 Å². The minimum atomic E-state index is -0.237. The first kappa shape index (κ1) is 22.5. The molecule has 0 bridgehead atoms. The zero-order chi connectivity index (χ0) is 22.4. The molecule has 0 aliphatic carbocycles. The SMILES string of the molecule is CCOC(=O)C1CCN(C(=O)CN(C)C(=O)c2ccc(-c3ccccc3)nc2C)CC1. The maximum absolute atomic E-state index is 12.9. The van der Waals surface area contributed by atoms with Crippen LogP contribution < -0.4 is 0 Å². The van der Waals surface area contributed by atoms with Crippen molar-refractivity contribution in [3.8, 4) is 11.3 Å². The molecule has 1 aromatic carbocycles. The number of carbonyl (C=O) groups excluding carboxylic acids is 3. The van der Waals surface area contributed by atoms with Gasteiger partial charge in [-0.3, -0.25) is 19.4 Å². The molecule has 1 aliphatic rings. The van der Waals surface area contributed by atoms with Gasteiger partial charge in [0, 0.05) is 25.7 Å². The van der Waals surface area contributed by atoms with E-state index >= 15 is 0 Å². The molecular formula is C24H29N3O4. The summed E-state index contributed by atoms with van der Waals surface area (Å²) in [4.78, 5) is 45.1. The van der Waals surface area contributed by atoms with Crippen LogP contribution >= 0.6 is 0 Å². The number of hydrogen-bond donors (Lipinski definition) is 0. The number of aryl methyl sites for hydroxylation is 1. The smallest absolute Gasteiger partial charge is 0.309 e. The van der Waals surface area contributed by atoms with Gasteiger partial charge in [0.25, 0.3) is 5.91 Å². The number of esters is 1. The third-order valence-electron chi connectivity index (χ3n) is 5.57. The number of likely N-dealkylation sites (tertiary alicyclic amines) is 1. The average molecular weight is 424 g/mol. The Morgan fingerprint density at radius 3 is 2.39 bits per heavy atom. The monoisotopic (exact) mass is 423 g/mol. The van der Waals surface area contributed by atoms with E-state index < -0.39 is 0 Å². The highest BCUT2D eigenvalue weighted by Crippen LogP contribution is 2.21. The number of carbonyl (C=O) groups is 3. The van der Waals surface area contributed by atoms with E-state index in [4.69, 9.17) is 4.74 Å². The molecule has 0 spiro atoms. The first-order valence-electron chi connectivity index (χ1n) is 10.6. The molecule has 2 aromatic rings. The Bertz CT molecular complexity index is 937. The number of nitrogens with zero attached hydrogens (tertiary/aromatic N) is 3.